The number of carboxylic acids is 1. The molecule has 5 saturated heterocycles. The number of likely N-dealkylation sites (tertiary alicyclic amines) is 4. The number of carbonyl (C=O) groups excluding carboxylic acids is 10. The van der Waals surface area contributed by atoms with Crippen LogP contribution in [0.15, 0.2) is 134 Å². The summed E-state index contributed by atoms with van der Waals surface area (Å²) >= 11 is 0. The number of rotatable bonds is 16. The van der Waals surface area contributed by atoms with E-state index >= 15 is 0 Å². The van der Waals surface area contributed by atoms with Gasteiger partial charge in [-0.25, -0.2) is 48.1 Å². The first-order valence-electron chi connectivity index (χ1n) is 34.6. The molecule has 3 unspecified atom stereocenters. The Morgan fingerprint density at radius 2 is 0.798 bits per heavy atom. The molecule has 0 spiro atoms. The van der Waals surface area contributed by atoms with E-state index in [1.165, 1.54) is 16.9 Å². The molecule has 27 heteroatoms. The number of benzene rings is 4. The Balaban J connectivity index is 0.000000239. The number of esters is 4. The molecule has 0 aromatic heterocycles. The Hall–Kier alpha value is -9.89. The van der Waals surface area contributed by atoms with Crippen molar-refractivity contribution in [1.82, 2.24) is 24.9 Å². The van der Waals surface area contributed by atoms with Gasteiger partial charge in [0.05, 0.1) is 0 Å². The topological polar surface area (TPSA) is 336 Å². The first-order valence-corrected chi connectivity index (χ1v) is 34.6. The van der Waals surface area contributed by atoms with E-state index in [0.717, 1.165) is 38.5 Å². The molecule has 27 nitrogen and oxygen atoms in total. The van der Waals surface area contributed by atoms with Gasteiger partial charge in [-0.05, 0) is 163 Å². The number of carboxylic acid groups (broad SMARTS) is 1. The van der Waals surface area contributed by atoms with Gasteiger partial charge >= 0.3 is 54.2 Å². The Labute approximate surface area is 608 Å². The third-order valence-corrected chi connectivity index (χ3v) is 15.8. The summed E-state index contributed by atoms with van der Waals surface area (Å²) in [6, 6.07) is 33.7. The van der Waals surface area contributed by atoms with Gasteiger partial charge in [0.1, 0.15) is 91.5 Å². The Morgan fingerprint density at radius 1 is 0.452 bits per heavy atom. The average Bonchev–Trinajstić information content (AvgIpc) is 1.68. The maximum absolute atomic E-state index is 12.6. The molecular formula is C77H103N5O22. The molecule has 568 valence electrons. The standard InChI is InChI=1S/C20H27NO4.C18H25NO5.C17H23NO5.C17H21NO5.C5H7NO3/c1-5-9-16-12-13-17(21(16)19(23)25-20(2,3)4)18(22)24-14-15-10-7-6-8-11-15;1-18(2,3)24-17(21)19-14(10-11-15(19)22-4)16(20)23-12-13-8-6-5-7-9-13;2*1-17(2,3)23-16(21)18-13(9-10-14(18)19)15(20)22-11-12-7-5-4-6-8-12;7-4-2-1-3(6-4)5(8)9/h5-8,10-11,16-17H,1,9,12-14H2,2-4H3;5-9,14-15H,10-12H2,1-4H3;4-8,13-14,19H,9-11H2,1-3H3;4-8,13H,9-11H2,1-3H3;3H,1-2H2,(H,6,7)(H,8,9)/t16?,17-;14-,15?;13-,14?;13-;3-/m00000/s1. The van der Waals surface area contributed by atoms with E-state index < -0.39 is 119 Å². The van der Waals surface area contributed by atoms with Crippen molar-refractivity contribution in [1.29, 1.82) is 0 Å². The van der Waals surface area contributed by atoms with Crippen molar-refractivity contribution in [3.8, 4) is 0 Å². The van der Waals surface area contributed by atoms with Crippen molar-refractivity contribution in [2.45, 2.75) is 251 Å². The minimum Gasteiger partial charge on any atom is -0.480 e. The number of hydrogen-bond acceptors (Lipinski definition) is 21. The number of carbonyl (C=O) groups is 11. The summed E-state index contributed by atoms with van der Waals surface area (Å²) < 4.78 is 48.0. The number of nitrogens with one attached hydrogen (secondary N) is 1. The number of methoxy groups -OCH3 is 1. The van der Waals surface area contributed by atoms with Crippen LogP contribution in [-0.2, 0) is 103 Å². The van der Waals surface area contributed by atoms with Gasteiger partial charge in [0.2, 0.25) is 11.8 Å². The zero-order valence-corrected chi connectivity index (χ0v) is 61.9. The lowest BCUT2D eigenvalue weighted by Crippen LogP contribution is -2.48. The van der Waals surface area contributed by atoms with Gasteiger partial charge in [-0.15, -0.1) is 6.58 Å². The molecular weight excluding hydrogens is 1350 g/mol. The lowest BCUT2D eigenvalue weighted by atomic mass is 10.1. The predicted octanol–water partition coefficient (Wildman–Crippen LogP) is 11.6. The van der Waals surface area contributed by atoms with Gasteiger partial charge in [-0.3, -0.25) is 24.3 Å². The van der Waals surface area contributed by atoms with E-state index in [1.54, 1.807) is 68.4 Å². The van der Waals surface area contributed by atoms with Gasteiger partial charge in [-0.2, -0.15) is 0 Å². The van der Waals surface area contributed by atoms with Crippen LogP contribution in [0.25, 0.3) is 0 Å². The van der Waals surface area contributed by atoms with Crippen LogP contribution in [0.4, 0.5) is 19.2 Å². The van der Waals surface area contributed by atoms with Crippen LogP contribution in [0, 0.1) is 0 Å². The van der Waals surface area contributed by atoms with Crippen LogP contribution >= 0.6 is 0 Å². The fourth-order valence-electron chi connectivity index (χ4n) is 11.1. The van der Waals surface area contributed by atoms with Crippen molar-refractivity contribution in [2.75, 3.05) is 7.11 Å². The zero-order chi connectivity index (χ0) is 77.1. The Bertz CT molecular complexity index is 3500. The quantitative estimate of drug-likeness (QED) is 0.0533. The molecule has 3 N–H and O–H groups in total. The number of hydrogen-bond donors (Lipinski definition) is 3. The number of aliphatic hydroxyl groups excluding tert-OH is 1. The van der Waals surface area contributed by atoms with E-state index in [2.05, 4.69) is 11.9 Å². The number of nitrogens with zero attached hydrogens (tertiary/aromatic N) is 4. The van der Waals surface area contributed by atoms with E-state index in [-0.39, 0.29) is 57.2 Å². The van der Waals surface area contributed by atoms with Gasteiger partial charge in [-0.1, -0.05) is 127 Å². The van der Waals surface area contributed by atoms with E-state index in [0.29, 0.717) is 51.4 Å². The van der Waals surface area contributed by atoms with Crippen molar-refractivity contribution in [3.63, 3.8) is 0 Å². The van der Waals surface area contributed by atoms with Crippen molar-refractivity contribution in [3.05, 3.63) is 156 Å². The molecule has 4 aromatic rings. The lowest BCUT2D eigenvalue weighted by Gasteiger charge is -2.31. The Kier molecular flexibility index (Phi) is 32.3. The van der Waals surface area contributed by atoms with E-state index in [1.807, 2.05) is 142 Å². The minimum atomic E-state index is -1.03. The van der Waals surface area contributed by atoms with Crippen LogP contribution in [0.1, 0.15) is 176 Å². The number of aliphatic hydroxyl groups is 1. The molecule has 0 bridgehead atoms. The van der Waals surface area contributed by atoms with E-state index in [9.17, 15) is 57.8 Å². The highest BCUT2D eigenvalue weighted by molar-refractivity contribution is 5.99. The molecule has 9 rings (SSSR count). The predicted molar refractivity (Wildman–Crippen MR) is 379 cm³/mol. The van der Waals surface area contributed by atoms with Crippen molar-refractivity contribution >= 4 is 66.0 Å². The van der Waals surface area contributed by atoms with Crippen molar-refractivity contribution in [2.24, 2.45) is 0 Å². The maximum atomic E-state index is 12.6. The highest BCUT2D eigenvalue weighted by Gasteiger charge is 2.47. The highest BCUT2D eigenvalue weighted by Crippen LogP contribution is 2.32. The van der Waals surface area contributed by atoms with Crippen LogP contribution in [-0.4, -0.2) is 174 Å². The van der Waals surface area contributed by atoms with Crippen LogP contribution < -0.4 is 5.32 Å². The second-order valence-electron chi connectivity index (χ2n) is 29.0. The molecule has 0 radical (unpaired) electrons. The third-order valence-electron chi connectivity index (χ3n) is 15.8. The highest BCUT2D eigenvalue weighted by atomic mass is 16.6. The van der Waals surface area contributed by atoms with E-state index in [4.69, 9.17) is 47.7 Å². The summed E-state index contributed by atoms with van der Waals surface area (Å²) in [4.78, 5) is 136. The summed E-state index contributed by atoms with van der Waals surface area (Å²) in [5, 5.41) is 20.6. The molecule has 5 fully saturated rings. The number of imide groups is 1. The molecule has 104 heavy (non-hydrogen) atoms. The fourth-order valence-corrected chi connectivity index (χ4v) is 11.1. The summed E-state index contributed by atoms with van der Waals surface area (Å²) in [7, 11) is 1.51. The molecule has 6 amide bonds. The smallest absolute Gasteiger partial charge is 0.417 e. The molecule has 4 aromatic carbocycles. The van der Waals surface area contributed by atoms with Crippen LogP contribution in [0.3, 0.4) is 0 Å². The molecule has 8 atom stereocenters. The summed E-state index contributed by atoms with van der Waals surface area (Å²) in [6.07, 6.45) is 2.54. The van der Waals surface area contributed by atoms with Gasteiger partial charge in [0, 0.05) is 26.0 Å². The minimum absolute atomic E-state index is 0.0818. The second-order valence-corrected chi connectivity index (χ2v) is 29.0. The van der Waals surface area contributed by atoms with Crippen LogP contribution in [0.5, 0.6) is 0 Å². The largest absolute Gasteiger partial charge is 0.480 e. The van der Waals surface area contributed by atoms with Gasteiger partial charge in [0.15, 0.2) is 0 Å². The first-order chi connectivity index (χ1) is 48.9. The normalized spacial score (nSPS) is 20.5. The van der Waals surface area contributed by atoms with Gasteiger partial charge < -0.3 is 58.2 Å². The summed E-state index contributed by atoms with van der Waals surface area (Å²) in [6.45, 7) is 25.4. The molecule has 0 aliphatic carbocycles. The second kappa shape index (κ2) is 39.7. The molecule has 0 saturated carbocycles. The van der Waals surface area contributed by atoms with Crippen molar-refractivity contribution < 1.29 is 106 Å². The lowest BCUT2D eigenvalue weighted by molar-refractivity contribution is -0.153. The fraction of sp³-hybridized carbons (Fsp3) is 0.519. The number of amides is 6. The monoisotopic (exact) mass is 1450 g/mol. The molecule has 5 aliphatic heterocycles. The SMILES string of the molecule is C=CCC1CC[C@@H](C(=O)OCc2ccccc2)N1C(=O)OC(C)(C)C.CC(C)(C)OC(=O)N1C(=O)CC[C@H]1C(=O)OCc1ccccc1.CC(C)(C)OC(=O)N1C(O)CC[C@H]1C(=O)OCc1ccccc1.COC1CC[C@@H](C(=O)OCc2ccccc2)N1C(=O)OC(C)(C)C.O=C1CC[C@@H](C(=O)O)N1. The average molecular weight is 1450 g/mol. The number of aliphatic carboxylic acids is 1. The first kappa shape index (κ1) is 84.8. The summed E-state index contributed by atoms with van der Waals surface area (Å²) in [5.41, 5.74) is 0.831. The summed E-state index contributed by atoms with van der Waals surface area (Å²) in [5.74, 6) is -3.48. The van der Waals surface area contributed by atoms with Gasteiger partial charge in [0.25, 0.3) is 0 Å². The number of ether oxygens (including phenoxy) is 9. The molecule has 5 aliphatic rings. The Morgan fingerprint density at radius 3 is 1.15 bits per heavy atom. The maximum Gasteiger partial charge on any atom is 0.417 e. The molecule has 5 heterocycles. The third kappa shape index (κ3) is 28.4. The zero-order valence-electron chi connectivity index (χ0n) is 61.9. The van der Waals surface area contributed by atoms with Crippen LogP contribution in [0.2, 0.25) is 0 Å².